The number of hydrogen-bond donors (Lipinski definition) is 0. The lowest BCUT2D eigenvalue weighted by Gasteiger charge is -2.24. The first kappa shape index (κ1) is 35.1. The summed E-state index contributed by atoms with van der Waals surface area (Å²) < 4.78 is 106. The summed E-state index contributed by atoms with van der Waals surface area (Å²) in [5.41, 5.74) is 0.978. The van der Waals surface area contributed by atoms with Gasteiger partial charge in [0.05, 0.1) is 11.4 Å². The van der Waals surface area contributed by atoms with Crippen LogP contribution in [0.3, 0.4) is 0 Å². The van der Waals surface area contributed by atoms with Crippen LogP contribution in [-0.2, 0) is 10.0 Å². The monoisotopic (exact) mass is 760 g/mol. The molecule has 11 heteroatoms. The zero-order chi connectivity index (χ0) is 37.6. The molecular formula is C43H26F5N2O2PS. The molecule has 0 N–H and O–H groups in total. The van der Waals surface area contributed by atoms with Crippen LogP contribution < -0.4 is 15.9 Å². The molecule has 0 bridgehead atoms. The molecule has 0 saturated heterocycles. The molecule has 4 nitrogen and oxygen atoms in total. The van der Waals surface area contributed by atoms with Gasteiger partial charge in [0.25, 0.3) is 10.0 Å². The zero-order valence-electron chi connectivity index (χ0n) is 28.0. The molecule has 0 aliphatic rings. The van der Waals surface area contributed by atoms with E-state index in [1.54, 1.807) is 72.8 Å². The lowest BCUT2D eigenvalue weighted by Crippen LogP contribution is -2.25. The van der Waals surface area contributed by atoms with Crippen LogP contribution >= 0.6 is 7.92 Å². The number of aromatic nitrogens is 2. The van der Waals surface area contributed by atoms with Gasteiger partial charge in [0.1, 0.15) is 0 Å². The van der Waals surface area contributed by atoms with Crippen LogP contribution in [0.25, 0.3) is 44.7 Å². The number of hydrogen-bond acceptors (Lipinski definition) is 3. The van der Waals surface area contributed by atoms with Crippen LogP contribution in [-0.4, -0.2) is 17.4 Å². The number of nitrogens with zero attached hydrogens (tertiary/aromatic N) is 2. The zero-order valence-corrected chi connectivity index (χ0v) is 29.7. The molecule has 1 heterocycles. The Morgan fingerprint density at radius 2 is 0.963 bits per heavy atom. The van der Waals surface area contributed by atoms with Crippen molar-refractivity contribution in [2.75, 3.05) is 0 Å². The Morgan fingerprint density at radius 1 is 0.500 bits per heavy atom. The van der Waals surface area contributed by atoms with Gasteiger partial charge in [-0.1, -0.05) is 158 Å². The largest absolute Gasteiger partial charge is 0.276 e. The molecule has 266 valence electrons. The quantitative estimate of drug-likeness (QED) is 0.0671. The predicted octanol–water partition coefficient (Wildman–Crippen LogP) is 9.73. The number of fused-ring (bicyclic) bond motifs is 1. The second-order valence-corrected chi connectivity index (χ2v) is 16.1. The summed E-state index contributed by atoms with van der Waals surface area (Å²) in [4.78, 5) is 3.01. The fourth-order valence-electron chi connectivity index (χ4n) is 6.61. The van der Waals surface area contributed by atoms with Gasteiger partial charge < -0.3 is 0 Å². The van der Waals surface area contributed by atoms with E-state index in [0.29, 0.717) is 31.2 Å². The minimum Gasteiger partial charge on any atom is -0.226 e. The summed E-state index contributed by atoms with van der Waals surface area (Å²) in [7, 11) is -7.15. The third-order valence-electron chi connectivity index (χ3n) is 9.00. The maximum absolute atomic E-state index is 15.8. The molecule has 8 rings (SSSR count). The normalized spacial score (nSPS) is 11.7. The van der Waals surface area contributed by atoms with Gasteiger partial charge >= 0.3 is 0 Å². The highest BCUT2D eigenvalue weighted by atomic mass is 32.2. The van der Waals surface area contributed by atoms with Gasteiger partial charge in [0.2, 0.25) is 5.82 Å². The molecule has 0 amide bonds. The van der Waals surface area contributed by atoms with Crippen molar-refractivity contribution in [3.63, 3.8) is 0 Å². The first-order valence-corrected chi connectivity index (χ1v) is 19.4. The fourth-order valence-corrected chi connectivity index (χ4v) is 10.7. The van der Waals surface area contributed by atoms with Crippen LogP contribution in [0, 0.1) is 29.1 Å². The smallest absolute Gasteiger partial charge is 0.226 e. The van der Waals surface area contributed by atoms with Gasteiger partial charge in [-0.15, -0.1) is 0 Å². The first-order chi connectivity index (χ1) is 26.2. The molecule has 0 spiro atoms. The van der Waals surface area contributed by atoms with Crippen LogP contribution in [0.15, 0.2) is 163 Å². The third kappa shape index (κ3) is 5.88. The summed E-state index contributed by atoms with van der Waals surface area (Å²) in [6.07, 6.45) is 0. The number of imidazole rings is 1. The number of halogens is 5. The van der Waals surface area contributed by atoms with Gasteiger partial charge in [0.15, 0.2) is 34.0 Å². The van der Waals surface area contributed by atoms with Crippen LogP contribution in [0.5, 0.6) is 0 Å². The van der Waals surface area contributed by atoms with Gasteiger partial charge in [0, 0.05) is 16.7 Å². The van der Waals surface area contributed by atoms with E-state index in [-0.39, 0.29) is 22.8 Å². The van der Waals surface area contributed by atoms with Gasteiger partial charge in [-0.05, 0) is 34.6 Å². The first-order valence-electron chi connectivity index (χ1n) is 16.6. The molecule has 0 atom stereocenters. The van der Waals surface area contributed by atoms with Crippen molar-refractivity contribution in [3.8, 4) is 33.9 Å². The SMILES string of the molecule is O=S(=O)(c1c(F)c(F)c(F)c(F)c1F)n1c(-c2c(P(c3ccccc3)c3ccccc3)ccc3ccccc23)nc(-c2ccccc2)c1-c1ccccc1. The van der Waals surface area contributed by atoms with Crippen molar-refractivity contribution in [3.05, 3.63) is 187 Å². The minimum atomic E-state index is -5.68. The van der Waals surface area contributed by atoms with E-state index in [0.717, 1.165) is 10.6 Å². The van der Waals surface area contributed by atoms with E-state index >= 15 is 17.2 Å². The van der Waals surface area contributed by atoms with Gasteiger partial charge in [-0.2, -0.15) is 0 Å². The Hall–Kier alpha value is -5.96. The van der Waals surface area contributed by atoms with E-state index in [9.17, 15) is 13.2 Å². The number of benzene rings is 7. The molecule has 0 radical (unpaired) electrons. The summed E-state index contributed by atoms with van der Waals surface area (Å²) in [5.74, 6) is -12.5. The van der Waals surface area contributed by atoms with E-state index in [2.05, 4.69) is 0 Å². The van der Waals surface area contributed by atoms with Crippen molar-refractivity contribution < 1.29 is 30.4 Å². The van der Waals surface area contributed by atoms with Gasteiger partial charge in [-0.3, -0.25) is 0 Å². The molecule has 54 heavy (non-hydrogen) atoms. The average molecular weight is 761 g/mol. The lowest BCUT2D eigenvalue weighted by atomic mass is 10.0. The second kappa shape index (κ2) is 14.1. The minimum absolute atomic E-state index is 0.104. The highest BCUT2D eigenvalue weighted by Crippen LogP contribution is 2.45. The van der Waals surface area contributed by atoms with Crippen molar-refractivity contribution in [2.24, 2.45) is 0 Å². The van der Waals surface area contributed by atoms with E-state index < -0.39 is 51.9 Å². The van der Waals surface area contributed by atoms with Crippen molar-refractivity contribution in [1.82, 2.24) is 8.96 Å². The second-order valence-electron chi connectivity index (χ2n) is 12.2. The van der Waals surface area contributed by atoms with E-state index in [1.165, 1.54) is 0 Å². The average Bonchev–Trinajstić information content (AvgIpc) is 3.62. The van der Waals surface area contributed by atoms with E-state index in [1.807, 2.05) is 84.9 Å². The molecule has 0 aliphatic heterocycles. The summed E-state index contributed by atoms with van der Waals surface area (Å²) in [6, 6.07) is 46.9. The predicted molar refractivity (Wildman–Crippen MR) is 204 cm³/mol. The number of rotatable bonds is 8. The van der Waals surface area contributed by atoms with E-state index in [4.69, 9.17) is 4.98 Å². The molecule has 0 fully saturated rings. The Balaban J connectivity index is 1.59. The lowest BCUT2D eigenvalue weighted by molar-refractivity contribution is 0.357. The van der Waals surface area contributed by atoms with Crippen molar-refractivity contribution >= 4 is 44.6 Å². The van der Waals surface area contributed by atoms with Crippen LogP contribution in [0.1, 0.15) is 0 Å². The highest BCUT2D eigenvalue weighted by molar-refractivity contribution is 7.90. The molecule has 8 aromatic rings. The molecule has 1 aromatic heterocycles. The Morgan fingerprint density at radius 3 is 1.52 bits per heavy atom. The maximum Gasteiger partial charge on any atom is 0.276 e. The molecule has 0 unspecified atom stereocenters. The van der Waals surface area contributed by atoms with Gasteiger partial charge in [-0.25, -0.2) is 39.3 Å². The van der Waals surface area contributed by atoms with Crippen molar-refractivity contribution in [2.45, 2.75) is 4.90 Å². The molecule has 0 aliphatic carbocycles. The summed E-state index contributed by atoms with van der Waals surface area (Å²) in [6.45, 7) is 0. The molecule has 0 saturated carbocycles. The topological polar surface area (TPSA) is 52.0 Å². The standard InChI is InChI=1S/C43H26F5N2O2PS/c44-35-36(45)38(47)42(39(48)37(35)46)54(51,52)50-41(29-18-7-2-8-19-29)40(28-16-5-1-6-17-28)49-43(50)34-32-24-14-13-15-27(32)25-26-33(34)53(30-20-9-3-10-21-30)31-22-11-4-12-23-31/h1-26H. The summed E-state index contributed by atoms with van der Waals surface area (Å²) in [5, 5.41) is 3.69. The third-order valence-corrected chi connectivity index (χ3v) is 13.2. The maximum atomic E-state index is 15.8. The van der Waals surface area contributed by atoms with Crippen LogP contribution in [0.2, 0.25) is 0 Å². The highest BCUT2D eigenvalue weighted by Gasteiger charge is 2.39. The Kier molecular flexibility index (Phi) is 9.17. The molecular weight excluding hydrogens is 735 g/mol. The molecule has 7 aromatic carbocycles. The van der Waals surface area contributed by atoms with Crippen molar-refractivity contribution in [1.29, 1.82) is 0 Å². The Bertz CT molecular complexity index is 2720. The Labute approximate surface area is 308 Å². The fraction of sp³-hybridized carbons (Fsp3) is 0. The summed E-state index contributed by atoms with van der Waals surface area (Å²) >= 11 is 0. The van der Waals surface area contributed by atoms with Crippen LogP contribution in [0.4, 0.5) is 22.0 Å².